The highest BCUT2D eigenvalue weighted by Gasteiger charge is 2.24. The zero-order chi connectivity index (χ0) is 30.2. The highest BCUT2D eigenvalue weighted by atomic mass is 35.5. The molecule has 1 fully saturated rings. The van der Waals surface area contributed by atoms with Crippen molar-refractivity contribution in [2.45, 2.75) is 69.6 Å². The minimum atomic E-state index is -3.52. The molecule has 0 radical (unpaired) electrons. The summed E-state index contributed by atoms with van der Waals surface area (Å²) in [5, 5.41) is 16.5. The van der Waals surface area contributed by atoms with Crippen LogP contribution in [-0.4, -0.2) is 54.4 Å². The summed E-state index contributed by atoms with van der Waals surface area (Å²) in [4.78, 5) is 17.5. The Hall–Kier alpha value is -3.41. The quantitative estimate of drug-likeness (QED) is 0.213. The van der Waals surface area contributed by atoms with E-state index in [0.29, 0.717) is 23.4 Å². The number of nitrogens with one attached hydrogen (secondary N) is 3. The molecule has 0 atom stereocenters. The number of halogens is 1. The Bertz CT molecular complexity index is 1440. The van der Waals surface area contributed by atoms with Gasteiger partial charge in [-0.25, -0.2) is 13.4 Å². The highest BCUT2D eigenvalue weighted by Crippen LogP contribution is 2.37. The molecule has 10 nitrogen and oxygen atoms in total. The predicted molar refractivity (Wildman–Crippen MR) is 163 cm³/mol. The Kier molecular flexibility index (Phi) is 11.3. The Balaban J connectivity index is 0.00000147. The molecule has 0 unspecified atom stereocenters. The van der Waals surface area contributed by atoms with E-state index in [1.165, 1.54) is 11.8 Å². The van der Waals surface area contributed by atoms with Crippen molar-refractivity contribution in [1.29, 1.82) is 0 Å². The van der Waals surface area contributed by atoms with Gasteiger partial charge in [0, 0.05) is 11.8 Å². The normalized spacial score (nSPS) is 13.9. The SMILES string of the molecule is Cc1c(Nc2ncc(Cl)c(Nc3ccccc3S(=O)(=O)C(C)C)n2)cc(OC(C)C)cc1C1CCNCC1.O=CO. The van der Waals surface area contributed by atoms with Crippen molar-refractivity contribution in [3.05, 3.63) is 58.7 Å². The fourth-order valence-electron chi connectivity index (χ4n) is 4.57. The molecule has 0 spiro atoms. The van der Waals surface area contributed by atoms with Gasteiger partial charge in [-0.1, -0.05) is 23.7 Å². The molecule has 1 aliphatic rings. The van der Waals surface area contributed by atoms with Crippen LogP contribution in [0.2, 0.25) is 5.02 Å². The topological polar surface area (TPSA) is 143 Å². The van der Waals surface area contributed by atoms with Gasteiger partial charge < -0.3 is 25.8 Å². The lowest BCUT2D eigenvalue weighted by atomic mass is 9.86. The first-order valence-electron chi connectivity index (χ1n) is 13.5. The van der Waals surface area contributed by atoms with Crippen LogP contribution in [0, 0.1) is 6.92 Å². The van der Waals surface area contributed by atoms with Crippen LogP contribution >= 0.6 is 11.6 Å². The monoisotopic (exact) mass is 603 g/mol. The molecule has 4 N–H and O–H groups in total. The van der Waals surface area contributed by atoms with Crippen LogP contribution in [-0.2, 0) is 14.6 Å². The van der Waals surface area contributed by atoms with Crippen LogP contribution in [0.3, 0.4) is 0 Å². The van der Waals surface area contributed by atoms with E-state index in [0.717, 1.165) is 42.9 Å². The molecule has 1 saturated heterocycles. The number of rotatable bonds is 9. The van der Waals surface area contributed by atoms with Crippen LogP contribution in [0.15, 0.2) is 47.5 Å². The summed E-state index contributed by atoms with van der Waals surface area (Å²) in [5.74, 6) is 1.88. The van der Waals surface area contributed by atoms with Crippen LogP contribution in [0.4, 0.5) is 23.1 Å². The number of para-hydroxylation sites is 1. The van der Waals surface area contributed by atoms with Crippen molar-refractivity contribution >= 4 is 51.1 Å². The zero-order valence-corrected chi connectivity index (χ0v) is 25.5. The van der Waals surface area contributed by atoms with E-state index in [1.54, 1.807) is 38.1 Å². The van der Waals surface area contributed by atoms with Crippen LogP contribution < -0.4 is 20.7 Å². The molecular weight excluding hydrogens is 566 g/mol. The summed E-state index contributed by atoms with van der Waals surface area (Å²) < 4.78 is 31.9. The predicted octanol–water partition coefficient (Wildman–Crippen LogP) is 6.06. The smallest absolute Gasteiger partial charge is 0.290 e. The Morgan fingerprint density at radius 1 is 1.10 bits per heavy atom. The average Bonchev–Trinajstić information content (AvgIpc) is 2.93. The Labute approximate surface area is 246 Å². The Morgan fingerprint density at radius 3 is 2.39 bits per heavy atom. The van der Waals surface area contributed by atoms with Gasteiger partial charge in [-0.2, -0.15) is 4.98 Å². The van der Waals surface area contributed by atoms with Crippen LogP contribution in [0.5, 0.6) is 5.75 Å². The van der Waals surface area contributed by atoms with Gasteiger partial charge in [-0.3, -0.25) is 4.79 Å². The molecule has 0 amide bonds. The second-order valence-corrected chi connectivity index (χ2v) is 13.1. The van der Waals surface area contributed by atoms with Crippen molar-refractivity contribution in [3.8, 4) is 5.75 Å². The zero-order valence-electron chi connectivity index (χ0n) is 23.9. The van der Waals surface area contributed by atoms with E-state index in [9.17, 15) is 8.42 Å². The number of sulfone groups is 1. The first-order valence-corrected chi connectivity index (χ1v) is 15.4. The first kappa shape index (κ1) is 32.1. The summed E-state index contributed by atoms with van der Waals surface area (Å²) in [7, 11) is -3.52. The molecule has 2 heterocycles. The van der Waals surface area contributed by atoms with Crippen LogP contribution in [0.1, 0.15) is 57.6 Å². The molecule has 1 aromatic heterocycles. The second-order valence-electron chi connectivity index (χ2n) is 10.2. The summed E-state index contributed by atoms with van der Waals surface area (Å²) >= 11 is 6.43. The van der Waals surface area contributed by atoms with Crippen LogP contribution in [0.25, 0.3) is 0 Å². The number of carboxylic acid groups (broad SMARTS) is 1. The maximum absolute atomic E-state index is 12.9. The van der Waals surface area contributed by atoms with E-state index >= 15 is 0 Å². The second kappa shape index (κ2) is 14.5. The fourth-order valence-corrected chi connectivity index (χ4v) is 5.91. The van der Waals surface area contributed by atoms with E-state index in [-0.39, 0.29) is 22.5 Å². The lowest BCUT2D eigenvalue weighted by Crippen LogP contribution is -2.27. The number of ether oxygens (including phenoxy) is 1. The van der Waals surface area contributed by atoms with Gasteiger partial charge in [0.2, 0.25) is 5.95 Å². The number of nitrogens with zero attached hydrogens (tertiary/aromatic N) is 2. The minimum Gasteiger partial charge on any atom is -0.491 e. The molecule has 4 rings (SSSR count). The first-order chi connectivity index (χ1) is 19.5. The van der Waals surface area contributed by atoms with Crippen molar-refractivity contribution in [1.82, 2.24) is 15.3 Å². The number of carbonyl (C=O) groups is 1. The number of hydrogen-bond acceptors (Lipinski definition) is 9. The van der Waals surface area contributed by atoms with Gasteiger partial charge in [0.05, 0.1) is 28.1 Å². The van der Waals surface area contributed by atoms with E-state index in [4.69, 9.17) is 26.2 Å². The molecular formula is C29H38ClN5O5S. The molecule has 0 aliphatic carbocycles. The van der Waals surface area contributed by atoms with Gasteiger partial charge in [-0.05, 0) is 95.8 Å². The fraction of sp³-hybridized carbons (Fsp3) is 0.414. The number of benzene rings is 2. The van der Waals surface area contributed by atoms with Gasteiger partial charge in [0.1, 0.15) is 10.8 Å². The molecule has 12 heteroatoms. The minimum absolute atomic E-state index is 0.0381. The lowest BCUT2D eigenvalue weighted by molar-refractivity contribution is -0.122. The maximum atomic E-state index is 12.9. The van der Waals surface area contributed by atoms with Gasteiger partial charge in [-0.15, -0.1) is 0 Å². The van der Waals surface area contributed by atoms with E-state index < -0.39 is 15.1 Å². The molecule has 1 aliphatic heterocycles. The Morgan fingerprint density at radius 2 is 1.76 bits per heavy atom. The summed E-state index contributed by atoms with van der Waals surface area (Å²) in [5.41, 5.74) is 3.64. The average molecular weight is 604 g/mol. The van der Waals surface area contributed by atoms with Gasteiger partial charge in [0.25, 0.3) is 6.47 Å². The molecule has 0 saturated carbocycles. The van der Waals surface area contributed by atoms with Gasteiger partial charge >= 0.3 is 0 Å². The standard InChI is InChI=1S/C28H36ClN5O3S.CH2O2/c1-17(2)37-21-14-22(20-10-12-30-13-11-20)19(5)25(15-21)33-28-31-16-23(29)27(34-28)32-24-8-6-7-9-26(24)38(35,36)18(3)4;2-1-3/h6-9,14-18,20,30H,10-13H2,1-5H3,(H2,31,32,33,34);1H,(H,2,3). The van der Waals surface area contributed by atoms with Crippen molar-refractivity contribution in [2.24, 2.45) is 0 Å². The van der Waals surface area contributed by atoms with Crippen molar-refractivity contribution in [2.75, 3.05) is 23.7 Å². The molecule has 41 heavy (non-hydrogen) atoms. The van der Waals surface area contributed by atoms with Gasteiger partial charge in [0.15, 0.2) is 15.7 Å². The molecule has 0 bridgehead atoms. The highest BCUT2D eigenvalue weighted by molar-refractivity contribution is 7.92. The largest absolute Gasteiger partial charge is 0.491 e. The van der Waals surface area contributed by atoms with E-state index in [2.05, 4.69) is 38.9 Å². The number of anilines is 4. The number of aromatic nitrogens is 2. The summed E-state index contributed by atoms with van der Waals surface area (Å²) in [6.07, 6.45) is 3.66. The third-order valence-corrected chi connectivity index (χ3v) is 9.12. The summed E-state index contributed by atoms with van der Waals surface area (Å²) in [6.45, 7) is 11.2. The third kappa shape index (κ3) is 8.31. The van der Waals surface area contributed by atoms with Crippen molar-refractivity contribution < 1.29 is 23.1 Å². The number of hydrogen-bond donors (Lipinski definition) is 4. The summed E-state index contributed by atoms with van der Waals surface area (Å²) in [6, 6.07) is 10.9. The lowest BCUT2D eigenvalue weighted by Gasteiger charge is -2.26. The van der Waals surface area contributed by atoms with E-state index in [1.807, 2.05) is 19.9 Å². The van der Waals surface area contributed by atoms with Crippen molar-refractivity contribution in [3.63, 3.8) is 0 Å². The molecule has 2 aromatic carbocycles. The molecule has 3 aromatic rings. The third-order valence-electron chi connectivity index (χ3n) is 6.63. The molecule has 222 valence electrons. The number of piperidine rings is 1. The maximum Gasteiger partial charge on any atom is 0.290 e.